The molecule has 3 heteroatoms. The first-order valence-corrected chi connectivity index (χ1v) is 19.2. The van der Waals surface area contributed by atoms with Crippen molar-refractivity contribution in [1.29, 1.82) is 0 Å². The molecule has 262 valence electrons. The molecule has 0 aliphatic carbocycles. The van der Waals surface area contributed by atoms with E-state index in [1.807, 2.05) is 35.6 Å². The highest BCUT2D eigenvalue weighted by Crippen LogP contribution is 2.40. The lowest BCUT2D eigenvalue weighted by Gasteiger charge is -2.16. The highest BCUT2D eigenvalue weighted by molar-refractivity contribution is 7.25. The molecule has 0 saturated carbocycles. The van der Waals surface area contributed by atoms with Gasteiger partial charge in [0.1, 0.15) is 5.84 Å². The van der Waals surface area contributed by atoms with E-state index in [0.717, 1.165) is 33.7 Å². The van der Waals surface area contributed by atoms with Gasteiger partial charge in [-0.1, -0.05) is 152 Å². The average molecular weight is 715 g/mol. The van der Waals surface area contributed by atoms with Crippen molar-refractivity contribution < 1.29 is 0 Å². The Morgan fingerprint density at radius 2 is 1.22 bits per heavy atom. The van der Waals surface area contributed by atoms with Crippen LogP contribution in [0.5, 0.6) is 0 Å². The van der Waals surface area contributed by atoms with Gasteiger partial charge in [-0.25, -0.2) is 4.99 Å². The molecular formula is C51H42N2S. The average Bonchev–Trinajstić information content (AvgIpc) is 3.74. The van der Waals surface area contributed by atoms with Crippen LogP contribution in [-0.4, -0.2) is 10.4 Å². The molecule has 0 bridgehead atoms. The van der Waals surface area contributed by atoms with Crippen LogP contribution in [-0.2, 0) is 0 Å². The fourth-order valence-corrected chi connectivity index (χ4v) is 8.50. The molecule has 2 heterocycles. The Morgan fingerprint density at radius 1 is 0.574 bits per heavy atom. The number of rotatable bonds is 5. The van der Waals surface area contributed by atoms with Crippen LogP contribution < -0.4 is 0 Å². The summed E-state index contributed by atoms with van der Waals surface area (Å²) in [5.74, 6) is 0.902. The number of para-hydroxylation sites is 1. The monoisotopic (exact) mass is 714 g/mol. The lowest BCUT2D eigenvalue weighted by molar-refractivity contribution is 1.23. The van der Waals surface area contributed by atoms with E-state index < -0.39 is 0 Å². The lowest BCUT2D eigenvalue weighted by Crippen LogP contribution is -2.09. The van der Waals surface area contributed by atoms with Crippen molar-refractivity contribution >= 4 is 70.4 Å². The van der Waals surface area contributed by atoms with Crippen LogP contribution in [0.1, 0.15) is 34.7 Å². The van der Waals surface area contributed by atoms with Crippen molar-refractivity contribution in [3.05, 3.63) is 204 Å². The summed E-state index contributed by atoms with van der Waals surface area (Å²) in [4.78, 5) is 5.43. The fraction of sp³-hybridized carbons (Fsp3) is 0.0784. The zero-order chi connectivity index (χ0) is 37.2. The predicted octanol–water partition coefficient (Wildman–Crippen LogP) is 14.5. The van der Waals surface area contributed by atoms with Crippen LogP contribution in [0, 0.1) is 20.8 Å². The molecule has 54 heavy (non-hydrogen) atoms. The summed E-state index contributed by atoms with van der Waals surface area (Å²) in [7, 11) is 0. The molecule has 0 aliphatic heterocycles. The van der Waals surface area contributed by atoms with E-state index in [9.17, 15) is 0 Å². The van der Waals surface area contributed by atoms with Crippen LogP contribution in [0.3, 0.4) is 0 Å². The summed E-state index contributed by atoms with van der Waals surface area (Å²) < 4.78 is 4.94. The standard InChI is InChI=1S/C44H34N2S.C7H8/c1-28-14-8-9-17-34(28)43-29(2)22-24-37-35-18-10-12-20-40(35)46(44(37)43)31(4)45-39(32-15-6-5-7-16-32)26-30(3)33-23-25-42-38(27-33)36-19-11-13-21-41(36)47-42;1-7-5-3-2-4-6-7/h5-27H,3H2,1-2,4H3;2-6H,1H3/b39-26-,45-31?;. The maximum Gasteiger partial charge on any atom is 0.111 e. The second kappa shape index (κ2) is 15.0. The van der Waals surface area contributed by atoms with Gasteiger partial charge < -0.3 is 0 Å². The van der Waals surface area contributed by atoms with E-state index in [-0.39, 0.29) is 0 Å². The van der Waals surface area contributed by atoms with E-state index in [0.29, 0.717) is 0 Å². The van der Waals surface area contributed by atoms with E-state index in [4.69, 9.17) is 4.99 Å². The largest absolute Gasteiger partial charge is 0.297 e. The zero-order valence-electron chi connectivity index (χ0n) is 31.2. The molecule has 0 aliphatic rings. The summed E-state index contributed by atoms with van der Waals surface area (Å²) in [6.45, 7) is 13.2. The molecule has 0 saturated heterocycles. The van der Waals surface area contributed by atoms with Crippen LogP contribution in [0.2, 0.25) is 0 Å². The smallest absolute Gasteiger partial charge is 0.111 e. The third kappa shape index (κ3) is 6.71. The van der Waals surface area contributed by atoms with Crippen molar-refractivity contribution in [1.82, 2.24) is 4.57 Å². The highest BCUT2D eigenvalue weighted by atomic mass is 32.1. The molecule has 0 N–H and O–H groups in total. The van der Waals surface area contributed by atoms with Gasteiger partial charge in [-0.2, -0.15) is 0 Å². The van der Waals surface area contributed by atoms with E-state index in [1.54, 1.807) is 0 Å². The van der Waals surface area contributed by atoms with Crippen molar-refractivity contribution in [2.45, 2.75) is 27.7 Å². The summed E-state index contributed by atoms with van der Waals surface area (Å²) in [6, 6.07) is 57.8. The fourth-order valence-electron chi connectivity index (χ4n) is 7.41. The zero-order valence-corrected chi connectivity index (χ0v) is 32.0. The SMILES string of the molecule is C=C(/C=C(\N=C(C)n1c2ccccc2c2ccc(C)c(-c3ccccc3C)c21)c1ccccc1)c1ccc2sc3ccccc3c2c1.Cc1ccccc1. The van der Waals surface area contributed by atoms with Gasteiger partial charge >= 0.3 is 0 Å². The Labute approximate surface area is 321 Å². The molecule has 7 aromatic carbocycles. The Hall–Kier alpha value is -6.29. The number of thiophene rings is 1. The first kappa shape index (κ1) is 34.8. The molecule has 0 radical (unpaired) electrons. The molecule has 0 amide bonds. The van der Waals surface area contributed by atoms with E-state index in [2.05, 4.69) is 184 Å². The number of aromatic nitrogens is 1. The minimum Gasteiger partial charge on any atom is -0.297 e. The third-order valence-corrected chi connectivity index (χ3v) is 11.3. The normalized spacial score (nSPS) is 12.0. The minimum atomic E-state index is 0.874. The van der Waals surface area contributed by atoms with Gasteiger partial charge in [0.25, 0.3) is 0 Å². The summed E-state index contributed by atoms with van der Waals surface area (Å²) in [5, 5.41) is 5.00. The quantitative estimate of drug-likeness (QED) is 0.0959. The van der Waals surface area contributed by atoms with Crippen LogP contribution in [0.4, 0.5) is 0 Å². The lowest BCUT2D eigenvalue weighted by atomic mass is 9.94. The molecule has 9 aromatic rings. The van der Waals surface area contributed by atoms with Crippen LogP contribution >= 0.6 is 11.3 Å². The number of aryl methyl sites for hydroxylation is 3. The molecule has 9 rings (SSSR count). The number of hydrogen-bond acceptors (Lipinski definition) is 2. The molecule has 0 unspecified atom stereocenters. The molecular weight excluding hydrogens is 673 g/mol. The van der Waals surface area contributed by atoms with Gasteiger partial charge in [0.05, 0.1) is 16.7 Å². The topological polar surface area (TPSA) is 17.3 Å². The van der Waals surface area contributed by atoms with Gasteiger partial charge in [0.15, 0.2) is 0 Å². The second-order valence-electron chi connectivity index (χ2n) is 13.9. The van der Waals surface area contributed by atoms with Crippen LogP contribution in [0.25, 0.3) is 64.4 Å². The van der Waals surface area contributed by atoms with Crippen molar-refractivity contribution in [2.24, 2.45) is 4.99 Å². The number of benzene rings is 7. The summed E-state index contributed by atoms with van der Waals surface area (Å²) in [5.41, 5.74) is 12.6. The Kier molecular flexibility index (Phi) is 9.65. The van der Waals surface area contributed by atoms with Crippen molar-refractivity contribution in [2.75, 3.05) is 0 Å². The van der Waals surface area contributed by atoms with Gasteiger partial charge in [-0.05, 0) is 85.9 Å². The van der Waals surface area contributed by atoms with Gasteiger partial charge in [-0.3, -0.25) is 4.57 Å². The number of fused-ring (bicyclic) bond motifs is 6. The van der Waals surface area contributed by atoms with E-state index in [1.165, 1.54) is 64.3 Å². The maximum absolute atomic E-state index is 5.43. The summed E-state index contributed by atoms with van der Waals surface area (Å²) in [6.07, 6.45) is 2.13. The molecule has 0 fully saturated rings. The highest BCUT2D eigenvalue weighted by Gasteiger charge is 2.19. The molecule has 2 nitrogen and oxygen atoms in total. The number of aliphatic imine (C=N–C) groups is 1. The minimum absolute atomic E-state index is 0.874. The third-order valence-electron chi connectivity index (χ3n) is 10.1. The Balaban J connectivity index is 0.000000533. The molecule has 0 spiro atoms. The number of nitrogens with zero attached hydrogens (tertiary/aromatic N) is 2. The first-order chi connectivity index (χ1) is 26.4. The predicted molar refractivity (Wildman–Crippen MR) is 237 cm³/mol. The summed E-state index contributed by atoms with van der Waals surface area (Å²) >= 11 is 1.83. The van der Waals surface area contributed by atoms with Crippen molar-refractivity contribution in [3.63, 3.8) is 0 Å². The maximum atomic E-state index is 5.43. The number of hydrogen-bond donors (Lipinski definition) is 0. The second-order valence-corrected chi connectivity index (χ2v) is 14.9. The van der Waals surface area contributed by atoms with Crippen molar-refractivity contribution in [3.8, 4) is 11.1 Å². The van der Waals surface area contributed by atoms with Gasteiger partial charge in [-0.15, -0.1) is 11.3 Å². The molecule has 2 aromatic heterocycles. The number of allylic oxidation sites excluding steroid dienone is 2. The van der Waals surface area contributed by atoms with Gasteiger partial charge in [0, 0.05) is 42.1 Å². The Morgan fingerprint density at radius 3 is 1.96 bits per heavy atom. The van der Waals surface area contributed by atoms with E-state index >= 15 is 0 Å². The van der Waals surface area contributed by atoms with Gasteiger partial charge in [0.2, 0.25) is 0 Å². The molecule has 0 atom stereocenters. The van der Waals surface area contributed by atoms with Crippen LogP contribution in [0.15, 0.2) is 181 Å². The Bertz CT molecular complexity index is 2870. The first-order valence-electron chi connectivity index (χ1n) is 18.4.